The molecule has 0 spiro atoms. The van der Waals surface area contributed by atoms with Gasteiger partial charge in [0.25, 0.3) is 0 Å². The largest absolute Gasteiger partial charge is 0.480 e. The van der Waals surface area contributed by atoms with Crippen LogP contribution in [0.25, 0.3) is 11.3 Å². The zero-order valence-electron chi connectivity index (χ0n) is 31.2. The van der Waals surface area contributed by atoms with E-state index in [9.17, 15) is 42.7 Å². The lowest BCUT2D eigenvalue weighted by molar-refractivity contribution is -0.171. The van der Waals surface area contributed by atoms with Gasteiger partial charge < -0.3 is 19.3 Å². The maximum Gasteiger partial charge on any atom is 0.471 e. The van der Waals surface area contributed by atoms with E-state index in [0.717, 1.165) is 19.2 Å². The second kappa shape index (κ2) is 17.3. The number of carboxylic acid groups (broad SMARTS) is 1. The van der Waals surface area contributed by atoms with Gasteiger partial charge >= 0.3 is 30.2 Å². The monoisotopic (exact) mass is 818 g/mol. The molecule has 3 heterocycles. The van der Waals surface area contributed by atoms with Crippen LogP contribution >= 0.6 is 11.6 Å². The molecular weight excluding hydrogens is 777 g/mol. The summed E-state index contributed by atoms with van der Waals surface area (Å²) < 4.78 is 61.1. The van der Waals surface area contributed by atoms with Crippen LogP contribution < -0.4 is 10.2 Å². The molecule has 300 valence electrons. The maximum absolute atomic E-state index is 14.3. The third-order valence-corrected chi connectivity index (χ3v) is 11.5. The molecule has 2 bridgehead atoms. The molecule has 1 aromatic heterocycles. The Morgan fingerprint density at radius 2 is 1.86 bits per heavy atom. The van der Waals surface area contributed by atoms with Gasteiger partial charge in [-0.2, -0.15) is 18.4 Å². The minimum absolute atomic E-state index is 0.00392. The summed E-state index contributed by atoms with van der Waals surface area (Å²) in [6, 6.07) is 10.4. The first-order valence-corrected chi connectivity index (χ1v) is 22.0. The van der Waals surface area contributed by atoms with Crippen molar-refractivity contribution in [1.29, 1.82) is 5.26 Å². The lowest BCUT2D eigenvalue weighted by atomic mass is 9.98. The normalized spacial score (nSPS) is 19.1. The van der Waals surface area contributed by atoms with E-state index < -0.39 is 68.6 Å². The first kappa shape index (κ1) is 42.0. The zero-order valence-corrected chi connectivity index (χ0v) is 32.9. The van der Waals surface area contributed by atoms with Crippen LogP contribution in [0.4, 0.5) is 34.1 Å². The van der Waals surface area contributed by atoms with Crippen molar-refractivity contribution in [3.63, 3.8) is 0 Å². The summed E-state index contributed by atoms with van der Waals surface area (Å²) >= 11 is 6.20. The third-order valence-electron chi connectivity index (χ3n) is 9.53. The van der Waals surface area contributed by atoms with Crippen LogP contribution in [0.3, 0.4) is 0 Å². The van der Waals surface area contributed by atoms with Gasteiger partial charge in [0, 0.05) is 43.9 Å². The fraction of sp³-hybridized carbons (Fsp3) is 0.459. The van der Waals surface area contributed by atoms with Crippen LogP contribution in [0.15, 0.2) is 42.5 Å². The van der Waals surface area contributed by atoms with E-state index in [1.165, 1.54) is 21.6 Å². The van der Waals surface area contributed by atoms with Crippen LogP contribution in [0.1, 0.15) is 61.3 Å². The zero-order chi connectivity index (χ0) is 40.9. The predicted molar refractivity (Wildman–Crippen MR) is 201 cm³/mol. The van der Waals surface area contributed by atoms with Crippen molar-refractivity contribution in [3.05, 3.63) is 64.6 Å². The summed E-state index contributed by atoms with van der Waals surface area (Å²) in [5.41, 5.74) is -0.619. The molecule has 2 aliphatic heterocycles. The van der Waals surface area contributed by atoms with Gasteiger partial charge in [0.2, 0.25) is 0 Å². The number of hydrogen-bond donors (Lipinski definition) is 2. The van der Waals surface area contributed by atoms with E-state index in [1.54, 1.807) is 24.3 Å². The van der Waals surface area contributed by atoms with Gasteiger partial charge in [0.15, 0.2) is 0 Å². The number of carbonyl (C=O) groups excluding carboxylic acids is 3. The molecule has 0 radical (unpaired) electrons. The van der Waals surface area contributed by atoms with Crippen molar-refractivity contribution in [2.75, 3.05) is 30.5 Å². The van der Waals surface area contributed by atoms with Crippen LogP contribution in [-0.4, -0.2) is 84.2 Å². The summed E-state index contributed by atoms with van der Waals surface area (Å²) in [4.78, 5) is 58.4. The van der Waals surface area contributed by atoms with Crippen molar-refractivity contribution in [1.82, 2.24) is 14.5 Å². The number of amides is 3. The van der Waals surface area contributed by atoms with E-state index >= 15 is 0 Å². The molecule has 56 heavy (non-hydrogen) atoms. The van der Waals surface area contributed by atoms with Crippen molar-refractivity contribution in [3.8, 4) is 17.3 Å². The average molecular weight is 819 g/mol. The van der Waals surface area contributed by atoms with Gasteiger partial charge in [-0.15, -0.1) is 0 Å². The standard InChI is InChI=1S/C37H42ClF3N6O8Si/c1-53-35(51)43-24-12-13-25-28(19-24)47(34(50)37(39,40)41)27(33(48)49)11-6-5-10-26(45-15-14-30(55-36(45)52)22-8-7-9-23(38)18-22)32-44-31(25)29(20-42)46(32)21-54-16-17-56(2,3)4/h7-9,12-13,18-19,26-27,30H,5-6,10-11,14-17,21H2,1-4H3,(H,43,51)(H,48,49)/t26-,27+,30+/m0/s1. The van der Waals surface area contributed by atoms with Gasteiger partial charge in [0.1, 0.15) is 42.2 Å². The molecule has 0 aliphatic carbocycles. The molecule has 1 fully saturated rings. The molecule has 3 amide bonds. The Morgan fingerprint density at radius 1 is 1.12 bits per heavy atom. The molecule has 5 rings (SSSR count). The number of nitrogens with one attached hydrogen (secondary N) is 1. The second-order valence-electron chi connectivity index (χ2n) is 14.6. The molecule has 2 N–H and O–H groups in total. The van der Waals surface area contributed by atoms with E-state index in [2.05, 4.69) is 35.8 Å². The number of cyclic esters (lactones) is 1. The number of hydrogen-bond acceptors (Lipinski definition) is 9. The van der Waals surface area contributed by atoms with Crippen LogP contribution in [-0.2, 0) is 30.5 Å². The second-order valence-corrected chi connectivity index (χ2v) is 20.7. The van der Waals surface area contributed by atoms with Gasteiger partial charge in [-0.25, -0.2) is 19.4 Å². The Kier molecular flexibility index (Phi) is 13.0. The van der Waals surface area contributed by atoms with Crippen LogP contribution in [0.5, 0.6) is 0 Å². The molecule has 19 heteroatoms. The highest BCUT2D eigenvalue weighted by Gasteiger charge is 2.48. The Bertz CT molecular complexity index is 2020. The Labute approximate surface area is 327 Å². The summed E-state index contributed by atoms with van der Waals surface area (Å²) in [6.45, 7) is 6.76. The average Bonchev–Trinajstić information content (AvgIpc) is 3.49. The SMILES string of the molecule is COC(=O)Nc1ccc2c(c1)N(C(=O)C(F)(F)F)[C@@H](C(=O)O)CCCC[C@H](N1CC[C@H](c3cccc(Cl)c3)OC1=O)c1nc-2c(C#N)n1COCC[Si](C)(C)C. The summed E-state index contributed by atoms with van der Waals surface area (Å²) in [6.07, 6.45) is -7.54. The smallest absolute Gasteiger partial charge is 0.471 e. The number of rotatable bonds is 9. The van der Waals surface area contributed by atoms with Crippen LogP contribution in [0, 0.1) is 11.3 Å². The molecule has 3 atom stereocenters. The molecular formula is C37H42ClF3N6O8Si. The lowest BCUT2D eigenvalue weighted by Crippen LogP contribution is -2.51. The van der Waals surface area contributed by atoms with Gasteiger partial charge in [-0.05, 0) is 54.8 Å². The highest BCUT2D eigenvalue weighted by atomic mass is 35.5. The fourth-order valence-electron chi connectivity index (χ4n) is 6.71. The number of nitriles is 1. The van der Waals surface area contributed by atoms with Crippen molar-refractivity contribution < 1.29 is 51.7 Å². The number of benzene rings is 2. The van der Waals surface area contributed by atoms with Crippen molar-refractivity contribution >= 4 is 55.1 Å². The van der Waals surface area contributed by atoms with E-state index in [0.29, 0.717) is 23.6 Å². The van der Waals surface area contributed by atoms with E-state index in [-0.39, 0.29) is 65.9 Å². The molecule has 14 nitrogen and oxygen atoms in total. The van der Waals surface area contributed by atoms with Gasteiger partial charge in [-0.1, -0.05) is 56.2 Å². The predicted octanol–water partition coefficient (Wildman–Crippen LogP) is 8.11. The minimum Gasteiger partial charge on any atom is -0.480 e. The highest BCUT2D eigenvalue weighted by molar-refractivity contribution is 6.76. The van der Waals surface area contributed by atoms with E-state index in [4.69, 9.17) is 26.1 Å². The minimum atomic E-state index is -5.52. The summed E-state index contributed by atoms with van der Waals surface area (Å²) in [7, 11) is -0.512. The first-order chi connectivity index (χ1) is 26.4. The summed E-state index contributed by atoms with van der Waals surface area (Å²) in [5, 5.41) is 23.8. The topological polar surface area (TPSA) is 176 Å². The maximum atomic E-state index is 14.3. The molecule has 2 aromatic carbocycles. The molecule has 2 aliphatic rings. The Hall–Kier alpha value is -5.12. The number of alkyl halides is 3. The number of methoxy groups -OCH3 is 1. The number of ether oxygens (including phenoxy) is 3. The fourth-order valence-corrected chi connectivity index (χ4v) is 7.66. The number of anilines is 2. The number of halogens is 4. The first-order valence-electron chi connectivity index (χ1n) is 17.9. The number of carboxylic acids is 1. The number of aromatic nitrogens is 2. The van der Waals surface area contributed by atoms with E-state index in [1.807, 2.05) is 0 Å². The lowest BCUT2D eigenvalue weighted by Gasteiger charge is -2.37. The Morgan fingerprint density at radius 3 is 2.48 bits per heavy atom. The molecule has 0 saturated carbocycles. The van der Waals surface area contributed by atoms with Crippen molar-refractivity contribution in [2.45, 2.75) is 88.9 Å². The summed E-state index contributed by atoms with van der Waals surface area (Å²) in [5.74, 6) is -4.02. The third kappa shape index (κ3) is 9.63. The number of nitrogens with zero attached hydrogens (tertiary/aromatic N) is 5. The van der Waals surface area contributed by atoms with Gasteiger partial charge in [-0.3, -0.25) is 24.5 Å². The van der Waals surface area contributed by atoms with Gasteiger partial charge in [0.05, 0.1) is 18.8 Å². The highest BCUT2D eigenvalue weighted by Crippen LogP contribution is 2.42. The molecule has 1 saturated heterocycles. The number of aliphatic carboxylic acids is 1. The van der Waals surface area contributed by atoms with Crippen LogP contribution in [0.2, 0.25) is 30.7 Å². The number of imidazole rings is 1. The molecule has 0 unspecified atom stereocenters. The number of fused-ring (bicyclic) bond motifs is 4. The quantitative estimate of drug-likeness (QED) is 0.158. The van der Waals surface area contributed by atoms with Crippen molar-refractivity contribution in [2.24, 2.45) is 0 Å². The molecule has 3 aromatic rings. The number of carbonyl (C=O) groups is 4. The Balaban J connectivity index is 1.72.